The van der Waals surface area contributed by atoms with Gasteiger partial charge in [0.05, 0.1) is 0 Å². The zero-order valence-corrected chi connectivity index (χ0v) is 8.43. The zero-order valence-electron chi connectivity index (χ0n) is 6.11. The summed E-state index contributed by atoms with van der Waals surface area (Å²) in [5, 5.41) is 1.87. The molecule has 0 N–H and O–H groups in total. The van der Waals surface area contributed by atoms with E-state index in [1.54, 1.807) is 0 Å². The van der Waals surface area contributed by atoms with E-state index in [0.29, 0.717) is 13.2 Å². The molecule has 0 aromatic carbocycles. The summed E-state index contributed by atoms with van der Waals surface area (Å²) in [6, 6.07) is 0. The third kappa shape index (κ3) is 5.37. The predicted molar refractivity (Wildman–Crippen MR) is 35.0 cm³/mol. The minimum absolute atomic E-state index is 0.653. The van der Waals surface area contributed by atoms with Gasteiger partial charge in [0.15, 0.2) is 0 Å². The first kappa shape index (κ1) is 9.92. The molecule has 0 radical (unpaired) electrons. The van der Waals surface area contributed by atoms with E-state index in [9.17, 15) is 0 Å². The van der Waals surface area contributed by atoms with E-state index in [2.05, 4.69) is 0 Å². The molecule has 0 spiro atoms. The average molecular weight is 188 g/mol. The molecular formula is C5H13ClO2Ti. The first-order valence-corrected chi connectivity index (χ1v) is 8.07. The Hall–Kier alpha value is 0.924. The summed E-state index contributed by atoms with van der Waals surface area (Å²) in [6.07, 6.45) is 0. The predicted octanol–water partition coefficient (Wildman–Crippen LogP) is 2.25. The quantitative estimate of drug-likeness (QED) is 0.630. The molecule has 0 fully saturated rings. The third-order valence-corrected chi connectivity index (χ3v) is 4.22. The number of hydrogen-bond acceptors (Lipinski definition) is 2. The Bertz CT molecular complexity index is 69.4. The van der Waals surface area contributed by atoms with Crippen molar-refractivity contribution in [2.75, 3.05) is 13.2 Å². The molecule has 0 amide bonds. The van der Waals surface area contributed by atoms with Crippen LogP contribution in [0.3, 0.4) is 0 Å². The van der Waals surface area contributed by atoms with Crippen molar-refractivity contribution in [3.05, 3.63) is 0 Å². The van der Waals surface area contributed by atoms with Gasteiger partial charge in [-0.05, 0) is 0 Å². The topological polar surface area (TPSA) is 18.5 Å². The SMILES string of the molecule is CC[O][Ti]([CH3])([Cl])[O]CC. The molecule has 56 valence electrons. The fourth-order valence-corrected chi connectivity index (χ4v) is 3.20. The van der Waals surface area contributed by atoms with Crippen LogP contribution < -0.4 is 0 Å². The van der Waals surface area contributed by atoms with Crippen molar-refractivity contribution in [2.24, 2.45) is 0 Å². The van der Waals surface area contributed by atoms with Gasteiger partial charge < -0.3 is 0 Å². The van der Waals surface area contributed by atoms with Crippen molar-refractivity contribution in [1.82, 2.24) is 0 Å². The molecule has 0 atom stereocenters. The van der Waals surface area contributed by atoms with Crippen LogP contribution in [0.5, 0.6) is 0 Å². The van der Waals surface area contributed by atoms with Crippen LogP contribution in [0.15, 0.2) is 0 Å². The van der Waals surface area contributed by atoms with Gasteiger partial charge in [0, 0.05) is 0 Å². The fraction of sp³-hybridized carbons (Fsp3) is 1.00. The average Bonchev–Trinajstić information content (AvgIpc) is 1.64. The van der Waals surface area contributed by atoms with E-state index < -0.39 is 16.3 Å². The molecule has 0 aliphatic carbocycles. The summed E-state index contributed by atoms with van der Waals surface area (Å²) in [6.45, 7) is 5.15. The summed E-state index contributed by atoms with van der Waals surface area (Å²) in [4.78, 5) is 0. The minimum atomic E-state index is -2.69. The molecule has 0 rings (SSSR count). The Morgan fingerprint density at radius 3 is 1.78 bits per heavy atom. The van der Waals surface area contributed by atoms with Gasteiger partial charge >= 0.3 is 64.5 Å². The normalized spacial score (nSPS) is 12.0. The van der Waals surface area contributed by atoms with E-state index in [4.69, 9.17) is 15.9 Å². The molecule has 0 aromatic rings. The van der Waals surface area contributed by atoms with E-state index in [0.717, 1.165) is 0 Å². The number of rotatable bonds is 4. The van der Waals surface area contributed by atoms with Gasteiger partial charge in [0.1, 0.15) is 0 Å². The molecular weight excluding hydrogens is 175 g/mol. The maximum atomic E-state index is 5.88. The maximum absolute atomic E-state index is 5.88. The van der Waals surface area contributed by atoms with Crippen LogP contribution in [0.1, 0.15) is 13.8 Å². The summed E-state index contributed by atoms with van der Waals surface area (Å²) in [5.41, 5.74) is 0. The Balaban J connectivity index is 3.43. The third-order valence-electron chi connectivity index (χ3n) is 0.804. The van der Waals surface area contributed by atoms with Gasteiger partial charge in [-0.1, -0.05) is 0 Å². The zero-order chi connectivity index (χ0) is 7.33. The second kappa shape index (κ2) is 4.70. The van der Waals surface area contributed by atoms with Gasteiger partial charge in [-0.2, -0.15) is 0 Å². The molecule has 9 heavy (non-hydrogen) atoms. The molecule has 4 heteroatoms. The summed E-state index contributed by atoms with van der Waals surface area (Å²) >= 11 is -2.69. The van der Waals surface area contributed by atoms with Crippen molar-refractivity contribution in [2.45, 2.75) is 19.1 Å². The van der Waals surface area contributed by atoms with Crippen molar-refractivity contribution in [3.8, 4) is 0 Å². The van der Waals surface area contributed by atoms with Crippen LogP contribution in [-0.4, -0.2) is 13.2 Å². The molecule has 0 saturated carbocycles. The van der Waals surface area contributed by atoms with Crippen molar-refractivity contribution in [3.63, 3.8) is 0 Å². The first-order valence-electron chi connectivity index (χ1n) is 3.09. The van der Waals surface area contributed by atoms with Crippen LogP contribution >= 0.6 is 9.30 Å². The van der Waals surface area contributed by atoms with E-state index in [1.165, 1.54) is 0 Å². The van der Waals surface area contributed by atoms with Gasteiger partial charge in [-0.25, -0.2) is 0 Å². The monoisotopic (exact) mass is 188 g/mol. The van der Waals surface area contributed by atoms with Crippen LogP contribution in [0.4, 0.5) is 0 Å². The molecule has 0 aromatic heterocycles. The molecule has 0 aliphatic heterocycles. The van der Waals surface area contributed by atoms with Gasteiger partial charge in [0.25, 0.3) is 0 Å². The van der Waals surface area contributed by atoms with Crippen LogP contribution in [-0.2, 0) is 22.9 Å². The number of hydrogen-bond donors (Lipinski definition) is 0. The second-order valence-electron chi connectivity index (χ2n) is 1.70. The van der Waals surface area contributed by atoms with Crippen molar-refractivity contribution >= 4 is 9.30 Å². The van der Waals surface area contributed by atoms with E-state index in [-0.39, 0.29) is 0 Å². The summed E-state index contributed by atoms with van der Waals surface area (Å²) < 4.78 is 10.4. The molecule has 0 aliphatic rings. The van der Waals surface area contributed by atoms with Crippen molar-refractivity contribution in [1.29, 1.82) is 0 Å². The first-order chi connectivity index (χ1) is 4.12. The molecule has 0 saturated heterocycles. The van der Waals surface area contributed by atoms with Gasteiger partial charge in [-0.3, -0.25) is 0 Å². The Labute approximate surface area is 64.7 Å². The number of halogens is 1. The van der Waals surface area contributed by atoms with Gasteiger partial charge in [0.2, 0.25) is 0 Å². The fourth-order valence-electron chi connectivity index (χ4n) is 0.557. The van der Waals surface area contributed by atoms with Gasteiger partial charge in [-0.15, -0.1) is 0 Å². The van der Waals surface area contributed by atoms with Crippen LogP contribution in [0.2, 0.25) is 5.23 Å². The Kier molecular flexibility index (Phi) is 5.18. The Morgan fingerprint density at radius 1 is 1.22 bits per heavy atom. The molecule has 0 bridgehead atoms. The summed E-state index contributed by atoms with van der Waals surface area (Å²) in [5.74, 6) is 0. The second-order valence-corrected chi connectivity index (χ2v) is 8.04. The standard InChI is InChI=1S/2C2H5O.CH3.ClH.Ti/c2*1-2-3;;;/h2*2H2,1H3;1H3;1H;/q2*-1;;;+3/p-1. The Morgan fingerprint density at radius 2 is 1.56 bits per heavy atom. The van der Waals surface area contributed by atoms with Crippen molar-refractivity contribution < 1.29 is 22.9 Å². The van der Waals surface area contributed by atoms with Crippen LogP contribution in [0.25, 0.3) is 0 Å². The summed E-state index contributed by atoms with van der Waals surface area (Å²) in [7, 11) is 5.88. The molecule has 0 unspecified atom stereocenters. The van der Waals surface area contributed by atoms with E-state index in [1.807, 2.05) is 19.1 Å². The van der Waals surface area contributed by atoms with E-state index >= 15 is 0 Å². The molecule has 0 heterocycles. The van der Waals surface area contributed by atoms with Crippen LogP contribution in [0, 0.1) is 0 Å². The molecule has 2 nitrogen and oxygen atoms in total.